The predicted molar refractivity (Wildman–Crippen MR) is 87.0 cm³/mol. The topological polar surface area (TPSA) is 79.8 Å². The molecule has 7 heteroatoms. The Morgan fingerprint density at radius 3 is 2.38 bits per heavy atom. The van der Waals surface area contributed by atoms with E-state index in [0.29, 0.717) is 12.4 Å². The number of hydrazone groups is 1. The lowest BCUT2D eigenvalue weighted by molar-refractivity contribution is -0.138. The summed E-state index contributed by atoms with van der Waals surface area (Å²) < 4.78 is 18.4. The lowest BCUT2D eigenvalue weighted by Crippen LogP contribution is -2.35. The molecule has 24 heavy (non-hydrogen) atoms. The van der Waals surface area contributed by atoms with E-state index in [-0.39, 0.29) is 5.82 Å². The minimum absolute atomic E-state index is 0.286. The minimum atomic E-state index is -0.840. The van der Waals surface area contributed by atoms with Crippen molar-refractivity contribution in [2.45, 2.75) is 6.61 Å². The lowest BCUT2D eigenvalue weighted by Gasteiger charge is -2.06. The first kappa shape index (κ1) is 17.1. The maximum absolute atomic E-state index is 12.8. The first-order valence-electron chi connectivity index (χ1n) is 7.11. The van der Waals surface area contributed by atoms with Crippen LogP contribution in [0, 0.1) is 5.82 Å². The molecular weight excluding hydrogens is 313 g/mol. The normalized spacial score (nSPS) is 10.4. The third-order valence-electron chi connectivity index (χ3n) is 3.01. The van der Waals surface area contributed by atoms with Gasteiger partial charge in [0.25, 0.3) is 0 Å². The van der Waals surface area contributed by atoms with Gasteiger partial charge in [-0.15, -0.1) is 0 Å². The number of hydrogen-bond donors (Lipinski definition) is 2. The van der Waals surface area contributed by atoms with Gasteiger partial charge in [-0.1, -0.05) is 12.1 Å². The molecule has 124 valence electrons. The van der Waals surface area contributed by atoms with Gasteiger partial charge in [0.05, 0.1) is 6.21 Å². The van der Waals surface area contributed by atoms with Gasteiger partial charge in [0.2, 0.25) is 0 Å². The number of amides is 2. The smallest absolute Gasteiger partial charge is 0.329 e. The SMILES string of the molecule is CNC(=O)C(=O)N/N=C\c1ccc(OCc2ccc(F)cc2)cc1. The zero-order valence-corrected chi connectivity index (χ0v) is 13.0. The summed E-state index contributed by atoms with van der Waals surface area (Å²) in [6, 6.07) is 13.1. The quantitative estimate of drug-likeness (QED) is 0.497. The summed E-state index contributed by atoms with van der Waals surface area (Å²) in [7, 11) is 1.36. The van der Waals surface area contributed by atoms with Crippen molar-refractivity contribution in [2.75, 3.05) is 7.05 Å². The highest BCUT2D eigenvalue weighted by Gasteiger charge is 2.08. The first-order valence-corrected chi connectivity index (χ1v) is 7.11. The Hall–Kier alpha value is -3.22. The summed E-state index contributed by atoms with van der Waals surface area (Å²) in [5, 5.41) is 5.87. The van der Waals surface area contributed by atoms with E-state index < -0.39 is 11.8 Å². The number of carbonyl (C=O) groups excluding carboxylic acids is 2. The molecule has 0 heterocycles. The summed E-state index contributed by atoms with van der Waals surface area (Å²) in [6.45, 7) is 0.329. The van der Waals surface area contributed by atoms with Gasteiger partial charge in [0.15, 0.2) is 0 Å². The maximum atomic E-state index is 12.8. The van der Waals surface area contributed by atoms with E-state index in [1.807, 2.05) is 0 Å². The van der Waals surface area contributed by atoms with E-state index in [4.69, 9.17) is 4.74 Å². The molecule has 0 aromatic heterocycles. The maximum Gasteiger partial charge on any atom is 0.329 e. The van der Waals surface area contributed by atoms with Crippen molar-refractivity contribution in [1.82, 2.24) is 10.7 Å². The van der Waals surface area contributed by atoms with Crippen molar-refractivity contribution >= 4 is 18.0 Å². The number of nitrogens with zero attached hydrogens (tertiary/aromatic N) is 1. The van der Waals surface area contributed by atoms with Crippen LogP contribution in [0.2, 0.25) is 0 Å². The van der Waals surface area contributed by atoms with Crippen molar-refractivity contribution in [3.05, 3.63) is 65.5 Å². The average Bonchev–Trinajstić information content (AvgIpc) is 2.61. The van der Waals surface area contributed by atoms with Gasteiger partial charge >= 0.3 is 11.8 Å². The van der Waals surface area contributed by atoms with Crippen LogP contribution >= 0.6 is 0 Å². The number of rotatable bonds is 5. The number of hydrogen-bond acceptors (Lipinski definition) is 4. The van der Waals surface area contributed by atoms with Crippen molar-refractivity contribution in [3.63, 3.8) is 0 Å². The fourth-order valence-corrected chi connectivity index (χ4v) is 1.73. The van der Waals surface area contributed by atoms with Gasteiger partial charge in [0.1, 0.15) is 18.2 Å². The molecule has 2 aromatic carbocycles. The second-order valence-corrected chi connectivity index (χ2v) is 4.76. The fourth-order valence-electron chi connectivity index (χ4n) is 1.73. The monoisotopic (exact) mass is 329 g/mol. The molecule has 2 rings (SSSR count). The fraction of sp³-hybridized carbons (Fsp3) is 0.118. The van der Waals surface area contributed by atoms with Gasteiger partial charge in [-0.2, -0.15) is 5.10 Å². The van der Waals surface area contributed by atoms with Crippen LogP contribution in [0.15, 0.2) is 53.6 Å². The van der Waals surface area contributed by atoms with Crippen molar-refractivity contribution in [3.8, 4) is 5.75 Å². The van der Waals surface area contributed by atoms with E-state index in [0.717, 1.165) is 11.1 Å². The number of carbonyl (C=O) groups is 2. The number of benzene rings is 2. The van der Waals surface area contributed by atoms with Gasteiger partial charge < -0.3 is 10.1 Å². The molecular formula is C17H16FN3O3. The Morgan fingerprint density at radius 2 is 1.75 bits per heavy atom. The molecule has 0 unspecified atom stereocenters. The van der Waals surface area contributed by atoms with Gasteiger partial charge in [-0.05, 0) is 47.5 Å². The van der Waals surface area contributed by atoms with E-state index >= 15 is 0 Å². The second-order valence-electron chi connectivity index (χ2n) is 4.76. The number of halogens is 1. The summed E-state index contributed by atoms with van der Waals surface area (Å²) in [5.74, 6) is -1.25. The standard InChI is InChI=1S/C17H16FN3O3/c1-19-16(22)17(23)21-20-10-12-4-8-15(9-5-12)24-11-13-2-6-14(18)7-3-13/h2-10H,11H2,1H3,(H,19,22)(H,21,23)/b20-10-. The van der Waals surface area contributed by atoms with Crippen molar-refractivity contribution in [1.29, 1.82) is 0 Å². The van der Waals surface area contributed by atoms with E-state index in [2.05, 4.69) is 15.8 Å². The second kappa shape index (κ2) is 8.42. The summed E-state index contributed by atoms with van der Waals surface area (Å²) in [6.07, 6.45) is 1.41. The van der Waals surface area contributed by atoms with Gasteiger partial charge in [-0.3, -0.25) is 9.59 Å². The molecule has 0 aliphatic rings. The van der Waals surface area contributed by atoms with Crippen LogP contribution < -0.4 is 15.5 Å². The third kappa shape index (κ3) is 5.20. The largest absolute Gasteiger partial charge is 0.489 e. The highest BCUT2D eigenvalue weighted by Crippen LogP contribution is 2.13. The molecule has 0 aliphatic carbocycles. The Labute approximate surface area is 138 Å². The molecule has 2 N–H and O–H groups in total. The molecule has 6 nitrogen and oxygen atoms in total. The Balaban J connectivity index is 1.85. The Bertz CT molecular complexity index is 728. The highest BCUT2D eigenvalue weighted by atomic mass is 19.1. The van der Waals surface area contributed by atoms with Gasteiger partial charge in [-0.25, -0.2) is 9.82 Å². The Morgan fingerprint density at radius 1 is 1.08 bits per heavy atom. The number of nitrogens with one attached hydrogen (secondary N) is 2. The third-order valence-corrected chi connectivity index (χ3v) is 3.01. The Kier molecular flexibility index (Phi) is 6.01. The van der Waals surface area contributed by atoms with E-state index in [1.165, 1.54) is 25.4 Å². The molecule has 0 bridgehead atoms. The van der Waals surface area contributed by atoms with Crippen LogP contribution in [0.25, 0.3) is 0 Å². The first-order chi connectivity index (χ1) is 11.6. The molecule has 0 spiro atoms. The lowest BCUT2D eigenvalue weighted by atomic mass is 10.2. The van der Waals surface area contributed by atoms with E-state index in [9.17, 15) is 14.0 Å². The summed E-state index contributed by atoms with van der Waals surface area (Å²) >= 11 is 0. The summed E-state index contributed by atoms with van der Waals surface area (Å²) in [5.41, 5.74) is 3.69. The molecule has 0 aliphatic heterocycles. The van der Waals surface area contributed by atoms with Crippen LogP contribution in [0.1, 0.15) is 11.1 Å². The molecule has 0 saturated heterocycles. The molecule has 0 saturated carbocycles. The average molecular weight is 329 g/mol. The molecule has 2 amide bonds. The zero-order chi connectivity index (χ0) is 17.4. The van der Waals surface area contributed by atoms with Crippen LogP contribution in [-0.4, -0.2) is 25.1 Å². The van der Waals surface area contributed by atoms with E-state index in [1.54, 1.807) is 36.4 Å². The van der Waals surface area contributed by atoms with Crippen molar-refractivity contribution in [2.24, 2.45) is 5.10 Å². The van der Waals surface area contributed by atoms with Crippen LogP contribution in [0.5, 0.6) is 5.75 Å². The van der Waals surface area contributed by atoms with Crippen LogP contribution in [0.3, 0.4) is 0 Å². The number of likely N-dealkylation sites (N-methyl/N-ethyl adjacent to an activating group) is 1. The molecule has 2 aromatic rings. The molecule has 0 radical (unpaired) electrons. The van der Waals surface area contributed by atoms with Crippen LogP contribution in [0.4, 0.5) is 4.39 Å². The molecule has 0 atom stereocenters. The zero-order valence-electron chi connectivity index (χ0n) is 13.0. The number of ether oxygens (including phenoxy) is 1. The van der Waals surface area contributed by atoms with Crippen molar-refractivity contribution < 1.29 is 18.7 Å². The highest BCUT2D eigenvalue weighted by molar-refractivity contribution is 6.34. The molecule has 0 fully saturated rings. The minimum Gasteiger partial charge on any atom is -0.489 e. The van der Waals surface area contributed by atoms with Gasteiger partial charge in [0, 0.05) is 7.05 Å². The van der Waals surface area contributed by atoms with Crippen LogP contribution in [-0.2, 0) is 16.2 Å². The predicted octanol–water partition coefficient (Wildman–Crippen LogP) is 1.60. The summed E-state index contributed by atoms with van der Waals surface area (Å²) in [4.78, 5) is 22.2.